The van der Waals surface area contributed by atoms with Crippen LogP contribution >= 0.6 is 0 Å². The van der Waals surface area contributed by atoms with Crippen molar-refractivity contribution in [3.8, 4) is 11.6 Å². The van der Waals surface area contributed by atoms with Gasteiger partial charge in [-0.25, -0.2) is 14.2 Å². The number of aromatic nitrogens is 5. The summed E-state index contributed by atoms with van der Waals surface area (Å²) < 4.78 is 29.3. The van der Waals surface area contributed by atoms with Crippen molar-refractivity contribution in [1.29, 1.82) is 0 Å². The summed E-state index contributed by atoms with van der Waals surface area (Å²) in [6.07, 6.45) is 1.25. The molecule has 0 amide bonds. The molecule has 23 heavy (non-hydrogen) atoms. The number of rotatable bonds is 4. The monoisotopic (exact) mass is 317 g/mol. The third-order valence-corrected chi connectivity index (χ3v) is 3.29. The fourth-order valence-corrected chi connectivity index (χ4v) is 2.03. The Bertz CT molecular complexity index is 953. The molecule has 0 fully saturated rings. The summed E-state index contributed by atoms with van der Waals surface area (Å²) in [6.45, 7) is 1.65. The molecule has 3 rings (SSSR count). The number of nitrogens with zero attached hydrogens (tertiary/aromatic N) is 5. The zero-order valence-electron chi connectivity index (χ0n) is 13.5. The van der Waals surface area contributed by atoms with Crippen molar-refractivity contribution >= 4 is 0 Å². The summed E-state index contributed by atoms with van der Waals surface area (Å²) in [5, 5.41) is 7.28. The van der Waals surface area contributed by atoms with Crippen LogP contribution in [0.4, 0.5) is 4.39 Å². The Hall–Kier alpha value is -3.03. The fraction of sp³-hybridized carbons (Fsp3) is 0.200. The van der Waals surface area contributed by atoms with E-state index in [4.69, 9.17) is 6.11 Å². The Morgan fingerprint density at radius 1 is 1.35 bits per heavy atom. The molecule has 7 nitrogen and oxygen atoms in total. The number of ether oxygens (including phenoxy) is 1. The topological polar surface area (TPSA) is 74.8 Å². The van der Waals surface area contributed by atoms with E-state index < -0.39 is 11.5 Å². The lowest BCUT2D eigenvalue weighted by molar-refractivity contribution is 0.296. The molecule has 0 bridgehead atoms. The van der Waals surface area contributed by atoms with Gasteiger partial charge in [-0.3, -0.25) is 0 Å². The van der Waals surface area contributed by atoms with Gasteiger partial charge in [-0.05, 0) is 35.0 Å². The van der Waals surface area contributed by atoms with Crippen LogP contribution in [0.5, 0.6) is 5.75 Å². The van der Waals surface area contributed by atoms with Gasteiger partial charge in [-0.2, -0.15) is 4.68 Å². The number of hydrogen-bond donors (Lipinski definition) is 0. The summed E-state index contributed by atoms with van der Waals surface area (Å²) in [5.74, 6) is -0.0121. The first-order valence-corrected chi connectivity index (χ1v) is 6.80. The first-order valence-electron chi connectivity index (χ1n) is 7.30. The Balaban J connectivity index is 1.96. The van der Waals surface area contributed by atoms with Crippen LogP contribution in [-0.2, 0) is 13.7 Å². The normalized spacial score (nSPS) is 11.3. The predicted molar refractivity (Wildman–Crippen MR) is 79.9 cm³/mol. The molecule has 0 spiro atoms. The molecule has 8 heteroatoms. The molecule has 2 aromatic heterocycles. The first-order chi connectivity index (χ1) is 11.5. The summed E-state index contributed by atoms with van der Waals surface area (Å²) >= 11 is 0. The summed E-state index contributed by atoms with van der Waals surface area (Å²) in [6, 6.07) is 6.40. The first kappa shape index (κ1) is 13.6. The smallest absolute Gasteiger partial charge is 0.369 e. The zero-order chi connectivity index (χ0) is 17.3. The molecule has 0 radical (unpaired) electrons. The van der Waals surface area contributed by atoms with E-state index in [9.17, 15) is 9.18 Å². The molecule has 0 aliphatic heterocycles. The van der Waals surface area contributed by atoms with Gasteiger partial charge in [0.25, 0.3) is 0 Å². The summed E-state index contributed by atoms with van der Waals surface area (Å²) in [5.41, 5.74) is 0.309. The van der Waals surface area contributed by atoms with E-state index in [0.29, 0.717) is 11.8 Å². The average molecular weight is 317 g/mol. The van der Waals surface area contributed by atoms with Gasteiger partial charge in [-0.15, -0.1) is 4.68 Å². The van der Waals surface area contributed by atoms with Crippen LogP contribution in [0, 0.1) is 12.7 Å². The lowest BCUT2D eigenvalue weighted by Gasteiger charge is -2.11. The molecule has 0 saturated carbocycles. The maximum atomic E-state index is 14.2. The van der Waals surface area contributed by atoms with Gasteiger partial charge in [0.1, 0.15) is 18.2 Å². The van der Waals surface area contributed by atoms with E-state index in [0.717, 1.165) is 14.9 Å². The van der Waals surface area contributed by atoms with Gasteiger partial charge >= 0.3 is 5.69 Å². The van der Waals surface area contributed by atoms with Crippen LogP contribution in [0.2, 0.25) is 0 Å². The number of aryl methyl sites for hydroxylation is 2. The molecule has 0 aliphatic carbocycles. The van der Waals surface area contributed by atoms with Gasteiger partial charge in [0.2, 0.25) is 0 Å². The minimum Gasteiger partial charge on any atom is -0.488 e. The molecule has 0 saturated heterocycles. The van der Waals surface area contributed by atoms with Gasteiger partial charge < -0.3 is 4.74 Å². The minimum absolute atomic E-state index is 0.0304. The Morgan fingerprint density at radius 3 is 2.87 bits per heavy atom. The molecule has 2 heterocycles. The van der Waals surface area contributed by atoms with Crippen molar-refractivity contribution in [3.63, 3.8) is 0 Å². The molecule has 0 N–H and O–H groups in total. The van der Waals surface area contributed by atoms with Crippen LogP contribution in [0.3, 0.4) is 0 Å². The SMILES string of the molecule is [3H]c1ccc(OCc2c(F)ccnc2-n2nnn(C)c2=O)c(C)c1. The summed E-state index contributed by atoms with van der Waals surface area (Å²) in [7, 11) is 1.44. The lowest BCUT2D eigenvalue weighted by Crippen LogP contribution is -2.24. The van der Waals surface area contributed by atoms with Crippen molar-refractivity contribution < 1.29 is 10.5 Å². The third-order valence-electron chi connectivity index (χ3n) is 3.29. The molecule has 0 aliphatic rings. The standard InChI is InChI=1S/C15H14FN5O2/c1-10-5-3-4-6-13(10)23-9-11-12(16)7-8-17-14(11)21-15(22)20(2)18-19-21/h3-8H,9H2,1-2H3/i3T. The number of tetrazole rings is 1. The third kappa shape index (κ3) is 2.83. The predicted octanol–water partition coefficient (Wildman–Crippen LogP) is 1.39. The summed E-state index contributed by atoms with van der Waals surface area (Å²) in [4.78, 5) is 16.0. The van der Waals surface area contributed by atoms with E-state index >= 15 is 0 Å². The van der Waals surface area contributed by atoms with E-state index in [1.807, 2.05) is 0 Å². The number of pyridine rings is 1. The Morgan fingerprint density at radius 2 is 2.17 bits per heavy atom. The van der Waals surface area contributed by atoms with Gasteiger partial charge in [0.05, 0.1) is 6.93 Å². The van der Waals surface area contributed by atoms with Crippen LogP contribution < -0.4 is 10.4 Å². The van der Waals surface area contributed by atoms with Crippen molar-refractivity contribution in [2.75, 3.05) is 0 Å². The van der Waals surface area contributed by atoms with E-state index in [1.54, 1.807) is 25.1 Å². The lowest BCUT2D eigenvalue weighted by atomic mass is 10.2. The van der Waals surface area contributed by atoms with Crippen LogP contribution in [0.25, 0.3) is 5.82 Å². The Labute approximate surface area is 132 Å². The number of halogens is 1. The van der Waals surface area contributed by atoms with Crippen molar-refractivity contribution in [2.24, 2.45) is 7.05 Å². The van der Waals surface area contributed by atoms with Gasteiger partial charge in [-0.1, -0.05) is 18.2 Å². The maximum absolute atomic E-state index is 14.2. The number of benzene rings is 1. The minimum atomic E-state index is -0.563. The van der Waals surface area contributed by atoms with Crippen molar-refractivity contribution in [2.45, 2.75) is 13.5 Å². The van der Waals surface area contributed by atoms with Crippen LogP contribution in [0.1, 0.15) is 12.5 Å². The van der Waals surface area contributed by atoms with Crippen LogP contribution in [0.15, 0.2) is 41.3 Å². The highest BCUT2D eigenvalue weighted by molar-refractivity contribution is 5.35. The second-order valence-electron chi connectivity index (χ2n) is 4.87. The van der Waals surface area contributed by atoms with E-state index in [-0.39, 0.29) is 18.0 Å². The highest BCUT2D eigenvalue weighted by atomic mass is 19.1. The molecule has 1 aromatic carbocycles. The molecular formula is C15H14FN5O2. The molecule has 118 valence electrons. The number of hydrogen-bond acceptors (Lipinski definition) is 5. The molecular weight excluding hydrogens is 301 g/mol. The highest BCUT2D eigenvalue weighted by Gasteiger charge is 2.17. The Kier molecular flexibility index (Phi) is 3.55. The van der Waals surface area contributed by atoms with Crippen LogP contribution in [-0.4, -0.2) is 24.8 Å². The average Bonchev–Trinajstić information content (AvgIpc) is 2.87. The zero-order valence-corrected chi connectivity index (χ0v) is 12.5. The number of para-hydroxylation sites is 1. The highest BCUT2D eigenvalue weighted by Crippen LogP contribution is 2.20. The maximum Gasteiger partial charge on any atom is 0.369 e. The second-order valence-corrected chi connectivity index (χ2v) is 4.87. The second kappa shape index (κ2) is 5.99. The van der Waals surface area contributed by atoms with Gasteiger partial charge in [0, 0.05) is 13.2 Å². The quantitative estimate of drug-likeness (QED) is 0.727. The van der Waals surface area contributed by atoms with Gasteiger partial charge in [0.15, 0.2) is 5.82 Å². The van der Waals surface area contributed by atoms with E-state index in [2.05, 4.69) is 15.4 Å². The largest absolute Gasteiger partial charge is 0.488 e. The molecule has 0 unspecified atom stereocenters. The fourth-order valence-electron chi connectivity index (χ4n) is 2.03. The molecule has 0 atom stereocenters. The van der Waals surface area contributed by atoms with E-state index in [1.165, 1.54) is 19.3 Å². The van der Waals surface area contributed by atoms with Crippen molar-refractivity contribution in [1.82, 2.24) is 24.8 Å². The molecule has 3 aromatic rings. The van der Waals surface area contributed by atoms with Crippen molar-refractivity contribution in [3.05, 3.63) is 63.9 Å².